The fourth-order valence-electron chi connectivity index (χ4n) is 8.43. The van der Waals surface area contributed by atoms with Gasteiger partial charge in [-0.25, -0.2) is 31.5 Å². The lowest BCUT2D eigenvalue weighted by molar-refractivity contribution is 0.256. The fourth-order valence-corrected chi connectivity index (χ4v) is 10.0. The highest BCUT2D eigenvalue weighted by Gasteiger charge is 2.28. The number of aromatic nitrogens is 2. The number of sulfonamides is 2. The highest BCUT2D eigenvalue weighted by molar-refractivity contribution is 7.90. The Morgan fingerprint density at radius 1 is 0.707 bits per heavy atom. The standard InChI is InChI=1S/C21H25N3O4S.C13H13NO.C8H12N2O3S/c1-13(2)24-11-5-10-18(20(24)25)29(27,28)23-21(26)22-19-16-8-3-6-14(16)12-15-7-4-9-17(15)19;14-8-15-13-11-5-1-3-9(11)7-10-4-2-6-12(10)13;1-6(2)10-5-3-4-7(8(10)11)14(9,12)13/h5,10-13H,3-4,6-9H2,1-2H3,(H2,22,23,26);7H,1-6H2;3-6H,1-2H3,(H2,9,12,13). The number of fused-ring (bicyclic) bond motifs is 4. The first-order chi connectivity index (χ1) is 27.5. The van der Waals surface area contributed by atoms with E-state index in [9.17, 15) is 31.2 Å². The van der Waals surface area contributed by atoms with Crippen molar-refractivity contribution in [1.82, 2.24) is 13.9 Å². The van der Waals surface area contributed by atoms with Crippen LogP contribution in [0.3, 0.4) is 0 Å². The molecule has 0 saturated heterocycles. The molecule has 2 aromatic carbocycles. The first-order valence-corrected chi connectivity index (χ1v) is 22.7. The maximum Gasteiger partial charge on any atom is 0.333 e. The number of hydrogen-bond acceptors (Lipinski definition) is 9. The van der Waals surface area contributed by atoms with Crippen molar-refractivity contribution in [3.05, 3.63) is 114 Å². The molecule has 0 aliphatic heterocycles. The van der Waals surface area contributed by atoms with Crippen LogP contribution in [0.5, 0.6) is 5.75 Å². The molecule has 4 aliphatic rings. The van der Waals surface area contributed by atoms with Gasteiger partial charge >= 0.3 is 6.03 Å². The molecule has 8 rings (SSSR count). The smallest absolute Gasteiger partial charge is 0.333 e. The molecule has 2 amide bonds. The molecule has 0 unspecified atom stereocenters. The number of rotatable bonds is 7. The number of anilines is 1. The van der Waals surface area contributed by atoms with Crippen molar-refractivity contribution < 1.29 is 26.4 Å². The molecular weight excluding hydrogens is 781 g/mol. The van der Waals surface area contributed by atoms with Crippen molar-refractivity contribution in [3.8, 4) is 12.0 Å². The van der Waals surface area contributed by atoms with Gasteiger partial charge in [-0.1, -0.05) is 12.1 Å². The predicted molar refractivity (Wildman–Crippen MR) is 220 cm³/mol. The summed E-state index contributed by atoms with van der Waals surface area (Å²) in [5, 5.41) is 16.4. The topological polar surface area (TPSA) is 212 Å². The third-order valence-electron chi connectivity index (χ3n) is 11.1. The molecule has 0 fully saturated rings. The number of amides is 2. The predicted octanol–water partition coefficient (Wildman–Crippen LogP) is 5.52. The number of hydrogen-bond donors (Lipinski definition) is 3. The van der Waals surface area contributed by atoms with E-state index in [4.69, 9.17) is 15.1 Å². The van der Waals surface area contributed by atoms with E-state index in [0.29, 0.717) is 0 Å². The molecule has 4 aromatic rings. The average molecular weight is 831 g/mol. The van der Waals surface area contributed by atoms with Crippen LogP contribution in [0.4, 0.5) is 10.5 Å². The summed E-state index contributed by atoms with van der Waals surface area (Å²) in [4.78, 5) is 35.9. The second-order valence-corrected chi connectivity index (χ2v) is 18.8. The van der Waals surface area contributed by atoms with Gasteiger partial charge < -0.3 is 19.2 Å². The van der Waals surface area contributed by atoms with Gasteiger partial charge in [-0.3, -0.25) is 9.59 Å². The van der Waals surface area contributed by atoms with E-state index in [2.05, 4.69) is 17.4 Å². The van der Waals surface area contributed by atoms with E-state index in [1.165, 1.54) is 92.0 Å². The Morgan fingerprint density at radius 3 is 1.55 bits per heavy atom. The number of carbonyl (C=O) groups excluding carboxylic acids is 1. The highest BCUT2D eigenvalue weighted by Crippen LogP contribution is 2.40. The highest BCUT2D eigenvalue weighted by atomic mass is 32.2. The molecule has 0 atom stereocenters. The van der Waals surface area contributed by atoms with Gasteiger partial charge in [0.25, 0.3) is 27.4 Å². The summed E-state index contributed by atoms with van der Waals surface area (Å²) in [7, 11) is -8.21. The van der Waals surface area contributed by atoms with Crippen molar-refractivity contribution in [1.29, 1.82) is 5.26 Å². The summed E-state index contributed by atoms with van der Waals surface area (Å²) in [6, 6.07) is 8.86. The van der Waals surface area contributed by atoms with Crippen molar-refractivity contribution in [2.75, 3.05) is 5.32 Å². The average Bonchev–Trinajstić information content (AvgIpc) is 3.99. The van der Waals surface area contributed by atoms with Gasteiger partial charge in [-0.05, 0) is 174 Å². The van der Waals surface area contributed by atoms with Crippen LogP contribution in [0.25, 0.3) is 0 Å². The molecule has 14 nitrogen and oxygen atoms in total. The minimum atomic E-state index is -4.29. The zero-order valence-electron chi connectivity index (χ0n) is 33.3. The second-order valence-electron chi connectivity index (χ2n) is 15.6. The number of benzene rings is 2. The minimum Gasteiger partial charge on any atom is -0.387 e. The zero-order chi connectivity index (χ0) is 41.9. The monoisotopic (exact) mass is 830 g/mol. The third kappa shape index (κ3) is 8.91. The summed E-state index contributed by atoms with van der Waals surface area (Å²) in [6.07, 6.45) is 17.6. The number of nitrogens with two attached hydrogens (primary N) is 1. The van der Waals surface area contributed by atoms with Crippen LogP contribution < -0.4 is 31.0 Å². The number of ether oxygens (including phenoxy) is 1. The van der Waals surface area contributed by atoms with E-state index < -0.39 is 42.1 Å². The molecule has 0 spiro atoms. The van der Waals surface area contributed by atoms with Gasteiger partial charge in [-0.15, -0.1) is 5.26 Å². The fraction of sp³-hybridized carbons (Fsp3) is 0.429. The molecule has 2 aromatic heterocycles. The van der Waals surface area contributed by atoms with Crippen molar-refractivity contribution in [2.24, 2.45) is 5.14 Å². The molecular formula is C42H50N6O8S2. The Kier molecular flexibility index (Phi) is 12.6. The van der Waals surface area contributed by atoms with Gasteiger partial charge in [0.05, 0.1) is 0 Å². The van der Waals surface area contributed by atoms with Gasteiger partial charge in [0.1, 0.15) is 10.6 Å². The number of nitrogens with one attached hydrogen (secondary N) is 2. The molecule has 308 valence electrons. The van der Waals surface area contributed by atoms with Gasteiger partial charge in [0.15, 0.2) is 4.90 Å². The Hall–Kier alpha value is -5.24. The summed E-state index contributed by atoms with van der Waals surface area (Å²) < 4.78 is 57.3. The van der Waals surface area contributed by atoms with Crippen LogP contribution >= 0.6 is 0 Å². The van der Waals surface area contributed by atoms with Gasteiger partial charge in [-0.2, -0.15) is 0 Å². The van der Waals surface area contributed by atoms with Gasteiger partial charge in [0, 0.05) is 30.2 Å². The molecule has 0 radical (unpaired) electrons. The Bertz CT molecular complexity index is 2580. The number of primary sulfonamides is 1. The van der Waals surface area contributed by atoms with Crippen molar-refractivity contribution >= 4 is 31.8 Å². The van der Waals surface area contributed by atoms with Gasteiger partial charge in [0.2, 0.25) is 10.0 Å². The largest absolute Gasteiger partial charge is 0.387 e. The zero-order valence-corrected chi connectivity index (χ0v) is 34.9. The van der Waals surface area contributed by atoms with Crippen LogP contribution in [-0.2, 0) is 71.4 Å². The van der Waals surface area contributed by atoms with E-state index in [0.717, 1.165) is 86.8 Å². The van der Waals surface area contributed by atoms with Crippen molar-refractivity contribution in [2.45, 2.75) is 127 Å². The molecule has 2 heterocycles. The normalized spacial score (nSPS) is 14.9. The Labute approximate surface area is 339 Å². The van der Waals surface area contributed by atoms with Crippen LogP contribution in [-0.4, -0.2) is 32.0 Å². The number of nitrogens with zero attached hydrogens (tertiary/aromatic N) is 3. The quantitative estimate of drug-likeness (QED) is 0.200. The summed E-state index contributed by atoms with van der Waals surface area (Å²) in [5.74, 6) is 0.903. The van der Waals surface area contributed by atoms with Crippen molar-refractivity contribution in [3.63, 3.8) is 0 Å². The van der Waals surface area contributed by atoms with E-state index >= 15 is 0 Å². The minimum absolute atomic E-state index is 0.0933. The first kappa shape index (κ1) is 42.4. The number of carbonyl (C=O) groups is 1. The van der Waals surface area contributed by atoms with Crippen LogP contribution in [0, 0.1) is 11.5 Å². The Balaban J connectivity index is 0.000000164. The molecule has 0 bridgehead atoms. The molecule has 4 N–H and O–H groups in total. The lowest BCUT2D eigenvalue weighted by Gasteiger charge is -2.17. The second kappa shape index (κ2) is 17.3. The lowest BCUT2D eigenvalue weighted by Crippen LogP contribution is -2.38. The Morgan fingerprint density at radius 2 is 1.12 bits per heavy atom. The van der Waals surface area contributed by atoms with E-state index in [1.54, 1.807) is 27.7 Å². The summed E-state index contributed by atoms with van der Waals surface area (Å²) >= 11 is 0. The summed E-state index contributed by atoms with van der Waals surface area (Å²) in [5.41, 5.74) is 9.68. The molecule has 58 heavy (non-hydrogen) atoms. The van der Waals surface area contributed by atoms with Crippen LogP contribution in [0.2, 0.25) is 0 Å². The van der Waals surface area contributed by atoms with E-state index in [1.807, 2.05) is 11.0 Å². The SMILES string of the molecule is CC(C)n1cccc(S(=O)(=O)NC(=O)Nc2c3c(cc4c2CCC4)CCC3)c1=O.CC(C)n1cccc(S(N)(=O)=O)c1=O.N#COc1c2c(cc3c1CCC3)CCC2. The number of pyridine rings is 2. The molecule has 16 heteroatoms. The maximum atomic E-state index is 12.7. The third-order valence-corrected chi connectivity index (χ3v) is 13.4. The van der Waals surface area contributed by atoms with Crippen LogP contribution in [0.1, 0.15) is 110 Å². The van der Waals surface area contributed by atoms with E-state index in [-0.39, 0.29) is 17.0 Å². The molecule has 4 aliphatic carbocycles. The maximum absolute atomic E-state index is 12.7. The summed E-state index contributed by atoms with van der Waals surface area (Å²) in [6.45, 7) is 7.14. The van der Waals surface area contributed by atoms with Crippen LogP contribution in [0.15, 0.2) is 68.2 Å². The molecule has 0 saturated carbocycles. The number of aryl methyl sites for hydroxylation is 4. The first-order valence-electron chi connectivity index (χ1n) is 19.7. The lowest BCUT2D eigenvalue weighted by atomic mass is 9.99. The number of urea groups is 1. The number of nitriles is 1.